The summed E-state index contributed by atoms with van der Waals surface area (Å²) in [6, 6.07) is 7.89. The minimum absolute atomic E-state index is 0.209. The van der Waals surface area contributed by atoms with Gasteiger partial charge in [-0.15, -0.1) is 0 Å². The summed E-state index contributed by atoms with van der Waals surface area (Å²) in [5, 5.41) is 0. The maximum absolute atomic E-state index is 12.1. The predicted molar refractivity (Wildman–Crippen MR) is 83.6 cm³/mol. The first kappa shape index (κ1) is 16.9. The lowest BCUT2D eigenvalue weighted by Crippen LogP contribution is -2.36. The molecule has 2 atom stereocenters. The Morgan fingerprint density at radius 3 is 2.68 bits per heavy atom. The van der Waals surface area contributed by atoms with Crippen molar-refractivity contribution in [2.75, 3.05) is 33.5 Å². The van der Waals surface area contributed by atoms with Gasteiger partial charge >= 0.3 is 5.97 Å². The van der Waals surface area contributed by atoms with Crippen LogP contribution in [-0.4, -0.2) is 39.5 Å². The average Bonchev–Trinajstić information content (AvgIpc) is 2.96. The lowest BCUT2D eigenvalue weighted by atomic mass is 9.87. The third kappa shape index (κ3) is 3.85. The van der Waals surface area contributed by atoms with Gasteiger partial charge in [-0.2, -0.15) is 0 Å². The van der Waals surface area contributed by atoms with Gasteiger partial charge in [0, 0.05) is 20.3 Å². The van der Waals surface area contributed by atoms with E-state index in [-0.39, 0.29) is 11.9 Å². The minimum atomic E-state index is -0.412. The number of methoxy groups -OCH3 is 1. The van der Waals surface area contributed by atoms with Gasteiger partial charge in [0.25, 0.3) is 0 Å². The molecule has 1 heterocycles. The summed E-state index contributed by atoms with van der Waals surface area (Å²) in [4.78, 5) is 12.1. The molecule has 5 nitrogen and oxygen atoms in total. The van der Waals surface area contributed by atoms with E-state index in [1.807, 2.05) is 31.2 Å². The van der Waals surface area contributed by atoms with Crippen molar-refractivity contribution in [2.24, 2.45) is 5.73 Å². The molecule has 0 spiro atoms. The van der Waals surface area contributed by atoms with Gasteiger partial charge in [-0.25, -0.2) is 0 Å². The molecule has 1 aliphatic heterocycles. The molecular formula is C17H25NO4. The third-order valence-corrected chi connectivity index (χ3v) is 4.12. The van der Waals surface area contributed by atoms with Gasteiger partial charge in [0.2, 0.25) is 0 Å². The highest BCUT2D eigenvalue weighted by atomic mass is 16.5. The van der Waals surface area contributed by atoms with E-state index < -0.39 is 5.54 Å². The zero-order valence-electron chi connectivity index (χ0n) is 13.3. The Morgan fingerprint density at radius 1 is 1.41 bits per heavy atom. The number of nitrogens with two attached hydrogens (primary N) is 1. The Labute approximate surface area is 131 Å². The Kier molecular flexibility index (Phi) is 5.94. The zero-order chi connectivity index (χ0) is 16.0. The standard InChI is InChI=1S/C17H25NO4/c1-3-22-16(19)15(8-10-20-2)13-4-6-14(7-5-13)17(18)9-11-21-12-17/h4-7,15H,3,8-12,18H2,1-2H3. The second-order valence-corrected chi connectivity index (χ2v) is 5.67. The average molecular weight is 307 g/mol. The fourth-order valence-corrected chi connectivity index (χ4v) is 2.75. The molecule has 0 bridgehead atoms. The van der Waals surface area contributed by atoms with Crippen molar-refractivity contribution in [3.63, 3.8) is 0 Å². The Balaban J connectivity index is 2.15. The van der Waals surface area contributed by atoms with E-state index in [2.05, 4.69) is 0 Å². The van der Waals surface area contributed by atoms with Gasteiger partial charge in [-0.3, -0.25) is 4.79 Å². The number of rotatable bonds is 7. The topological polar surface area (TPSA) is 70.8 Å². The highest BCUT2D eigenvalue weighted by Gasteiger charge is 2.32. The van der Waals surface area contributed by atoms with Gasteiger partial charge < -0.3 is 19.9 Å². The van der Waals surface area contributed by atoms with Crippen LogP contribution < -0.4 is 5.73 Å². The molecule has 2 rings (SSSR count). The van der Waals surface area contributed by atoms with Gasteiger partial charge in [0.1, 0.15) is 0 Å². The van der Waals surface area contributed by atoms with E-state index in [1.54, 1.807) is 7.11 Å². The van der Waals surface area contributed by atoms with Crippen LogP contribution in [-0.2, 0) is 24.5 Å². The van der Waals surface area contributed by atoms with Crippen LogP contribution in [0.4, 0.5) is 0 Å². The predicted octanol–water partition coefficient (Wildman–Crippen LogP) is 1.94. The lowest BCUT2D eigenvalue weighted by molar-refractivity contribution is -0.145. The first-order valence-electron chi connectivity index (χ1n) is 7.73. The van der Waals surface area contributed by atoms with Gasteiger partial charge in [-0.05, 0) is 30.9 Å². The molecule has 0 aliphatic carbocycles. The van der Waals surface area contributed by atoms with Gasteiger partial charge in [0.15, 0.2) is 0 Å². The normalized spacial score (nSPS) is 22.5. The maximum atomic E-state index is 12.1. The molecule has 0 amide bonds. The fourth-order valence-electron chi connectivity index (χ4n) is 2.75. The van der Waals surface area contributed by atoms with E-state index in [0.717, 1.165) is 17.5 Å². The van der Waals surface area contributed by atoms with Crippen molar-refractivity contribution in [1.29, 1.82) is 0 Å². The van der Waals surface area contributed by atoms with E-state index in [4.69, 9.17) is 19.9 Å². The smallest absolute Gasteiger partial charge is 0.313 e. The summed E-state index contributed by atoms with van der Waals surface area (Å²) in [5.74, 6) is -0.513. The zero-order valence-corrected chi connectivity index (χ0v) is 13.3. The second kappa shape index (κ2) is 7.72. The summed E-state index contributed by atoms with van der Waals surface area (Å²) in [5.41, 5.74) is 7.92. The van der Waals surface area contributed by atoms with Crippen LogP contribution in [0.1, 0.15) is 36.8 Å². The van der Waals surface area contributed by atoms with E-state index in [1.165, 1.54) is 0 Å². The van der Waals surface area contributed by atoms with Crippen molar-refractivity contribution in [1.82, 2.24) is 0 Å². The number of carbonyl (C=O) groups excluding carboxylic acids is 1. The molecule has 0 saturated carbocycles. The van der Waals surface area contributed by atoms with Gasteiger partial charge in [0.05, 0.1) is 24.7 Å². The molecule has 1 saturated heterocycles. The van der Waals surface area contributed by atoms with Crippen molar-refractivity contribution < 1.29 is 19.0 Å². The maximum Gasteiger partial charge on any atom is 0.313 e. The quantitative estimate of drug-likeness (QED) is 0.780. The van der Waals surface area contributed by atoms with Crippen molar-refractivity contribution >= 4 is 5.97 Å². The second-order valence-electron chi connectivity index (χ2n) is 5.67. The molecule has 1 aromatic carbocycles. The third-order valence-electron chi connectivity index (χ3n) is 4.12. The van der Waals surface area contributed by atoms with Crippen molar-refractivity contribution in [3.05, 3.63) is 35.4 Å². The minimum Gasteiger partial charge on any atom is -0.466 e. The number of carbonyl (C=O) groups is 1. The van der Waals surface area contributed by atoms with Crippen LogP contribution in [0.15, 0.2) is 24.3 Å². The van der Waals surface area contributed by atoms with Crippen LogP contribution in [0.3, 0.4) is 0 Å². The summed E-state index contributed by atoms with van der Waals surface area (Å²) in [6.45, 7) is 3.94. The molecule has 5 heteroatoms. The van der Waals surface area contributed by atoms with Gasteiger partial charge in [-0.1, -0.05) is 24.3 Å². The highest BCUT2D eigenvalue weighted by Crippen LogP contribution is 2.30. The Bertz CT molecular complexity index is 480. The number of hydrogen-bond acceptors (Lipinski definition) is 5. The number of hydrogen-bond donors (Lipinski definition) is 1. The molecule has 2 N–H and O–H groups in total. The van der Waals surface area contributed by atoms with E-state index in [0.29, 0.717) is 32.8 Å². The van der Waals surface area contributed by atoms with E-state index in [9.17, 15) is 4.79 Å². The highest BCUT2D eigenvalue weighted by molar-refractivity contribution is 5.78. The largest absolute Gasteiger partial charge is 0.466 e. The molecule has 1 fully saturated rings. The summed E-state index contributed by atoms with van der Waals surface area (Å²) >= 11 is 0. The molecule has 22 heavy (non-hydrogen) atoms. The molecule has 0 aromatic heterocycles. The SMILES string of the molecule is CCOC(=O)C(CCOC)c1ccc(C2(N)CCOC2)cc1. The molecule has 2 unspecified atom stereocenters. The molecule has 1 aliphatic rings. The summed E-state index contributed by atoms with van der Waals surface area (Å²) in [7, 11) is 1.63. The molecule has 122 valence electrons. The lowest BCUT2D eigenvalue weighted by Gasteiger charge is -2.23. The monoisotopic (exact) mass is 307 g/mol. The van der Waals surface area contributed by atoms with Crippen LogP contribution in [0.2, 0.25) is 0 Å². The van der Waals surface area contributed by atoms with Crippen LogP contribution in [0, 0.1) is 0 Å². The Hall–Kier alpha value is -1.43. The number of ether oxygens (including phenoxy) is 3. The van der Waals surface area contributed by atoms with Crippen LogP contribution >= 0.6 is 0 Å². The first-order chi connectivity index (χ1) is 10.6. The van der Waals surface area contributed by atoms with Crippen LogP contribution in [0.25, 0.3) is 0 Å². The number of benzene rings is 1. The Morgan fingerprint density at radius 2 is 2.14 bits per heavy atom. The van der Waals surface area contributed by atoms with E-state index >= 15 is 0 Å². The summed E-state index contributed by atoms with van der Waals surface area (Å²) < 4.78 is 15.7. The first-order valence-corrected chi connectivity index (χ1v) is 7.73. The molecule has 0 radical (unpaired) electrons. The fraction of sp³-hybridized carbons (Fsp3) is 0.588. The molecule has 1 aromatic rings. The summed E-state index contributed by atoms with van der Waals surface area (Å²) in [6.07, 6.45) is 1.42. The van der Waals surface area contributed by atoms with Crippen LogP contribution in [0.5, 0.6) is 0 Å². The van der Waals surface area contributed by atoms with Crippen molar-refractivity contribution in [3.8, 4) is 0 Å². The van der Waals surface area contributed by atoms with Crippen molar-refractivity contribution in [2.45, 2.75) is 31.2 Å². The number of esters is 1. The molecular weight excluding hydrogens is 282 g/mol.